The summed E-state index contributed by atoms with van der Waals surface area (Å²) < 4.78 is 48.3. The lowest BCUT2D eigenvalue weighted by molar-refractivity contribution is -0.134. The number of Topliss-reactive ketones (excluding diaryl/α,β-unsaturated/α-hetero) is 4. The quantitative estimate of drug-likeness (QED) is 0.0393. The van der Waals surface area contributed by atoms with Crippen LogP contribution < -0.4 is 0 Å². The summed E-state index contributed by atoms with van der Waals surface area (Å²) in [5, 5.41) is 0. The summed E-state index contributed by atoms with van der Waals surface area (Å²) in [6, 6.07) is 0. The Kier molecular flexibility index (Phi) is 20.5. The summed E-state index contributed by atoms with van der Waals surface area (Å²) in [6.45, 7) is 24.1. The maximum Gasteiger partial charge on any atom is 0.529 e. The Morgan fingerprint density at radius 2 is 1.16 bits per heavy atom. The van der Waals surface area contributed by atoms with E-state index in [1.165, 1.54) is 0 Å². The molecule has 0 radical (unpaired) electrons. The molecule has 0 aromatic heterocycles. The van der Waals surface area contributed by atoms with Crippen molar-refractivity contribution in [2.75, 3.05) is 26.4 Å². The van der Waals surface area contributed by atoms with E-state index in [4.69, 9.17) is 24.8 Å². The highest BCUT2D eigenvalue weighted by Crippen LogP contribution is 2.54. The number of phosphoric ester groups is 1. The highest BCUT2D eigenvalue weighted by molar-refractivity contribution is 7.81. The first-order valence-corrected chi connectivity index (χ1v) is 21.0. The van der Waals surface area contributed by atoms with Crippen molar-refractivity contribution in [2.24, 2.45) is 28.6 Å². The van der Waals surface area contributed by atoms with Gasteiger partial charge in [-0.25, -0.2) is 9.13 Å². The van der Waals surface area contributed by atoms with E-state index in [1.54, 1.807) is 27.7 Å². The average molecular weight is 755 g/mol. The Morgan fingerprint density at radius 3 is 1.53 bits per heavy atom. The zero-order valence-electron chi connectivity index (χ0n) is 31.8. The van der Waals surface area contributed by atoms with Crippen LogP contribution in [0.5, 0.6) is 0 Å². The summed E-state index contributed by atoms with van der Waals surface area (Å²) in [5.74, 6) is -0.399. The van der Waals surface area contributed by atoms with Gasteiger partial charge in [0.25, 0.3) is 0 Å². The Labute approximate surface area is 299 Å². The second kappa shape index (κ2) is 21.2. The smallest absolute Gasteiger partial charge is 0.408 e. The maximum absolute atomic E-state index is 12.7. The van der Waals surface area contributed by atoms with Crippen molar-refractivity contribution in [3.8, 4) is 0 Å². The number of rotatable bonds is 15. The van der Waals surface area contributed by atoms with Gasteiger partial charge in [0.1, 0.15) is 17.3 Å². The van der Waals surface area contributed by atoms with Gasteiger partial charge in [-0.2, -0.15) is 0 Å². The predicted molar refractivity (Wildman–Crippen MR) is 193 cm³/mol. The highest BCUT2D eigenvalue weighted by atomic mass is 35.7. The molecule has 49 heavy (non-hydrogen) atoms. The van der Waals surface area contributed by atoms with Gasteiger partial charge in [0, 0.05) is 43.3 Å². The molecule has 0 spiro atoms. The lowest BCUT2D eigenvalue weighted by atomic mass is 9.68. The van der Waals surface area contributed by atoms with Crippen molar-refractivity contribution in [1.82, 2.24) is 0 Å². The van der Waals surface area contributed by atoms with E-state index in [9.17, 15) is 28.3 Å². The Morgan fingerprint density at radius 1 is 0.755 bits per heavy atom. The van der Waals surface area contributed by atoms with Gasteiger partial charge in [0.2, 0.25) is 0 Å². The number of carbonyl (C=O) groups excluding carboxylic acids is 4. The van der Waals surface area contributed by atoms with Gasteiger partial charge in [-0.15, -0.1) is 0 Å². The first kappa shape index (κ1) is 47.5. The van der Waals surface area contributed by atoms with E-state index in [1.807, 2.05) is 41.5 Å². The zero-order valence-corrected chi connectivity index (χ0v) is 34.3. The average Bonchev–Trinajstić information content (AvgIpc) is 2.86. The minimum atomic E-state index is -3.85. The molecule has 1 unspecified atom stereocenters. The Bertz CT molecular complexity index is 1210. The minimum Gasteiger partial charge on any atom is -0.408 e. The first-order valence-electron chi connectivity index (χ1n) is 17.1. The largest absolute Gasteiger partial charge is 0.529 e. The monoisotopic (exact) mass is 754 g/mol. The van der Waals surface area contributed by atoms with Gasteiger partial charge in [0.15, 0.2) is 11.6 Å². The van der Waals surface area contributed by atoms with Gasteiger partial charge in [-0.3, -0.25) is 37.3 Å². The number of ketones is 4. The zero-order chi connectivity index (χ0) is 38.4. The standard InChI is InChI=1S/C17H29O6P.C14H22O2.C4H10ClO3P/c1-7-21-24(20,22-8-2)23-15(9-12(3)4)16-13(18)10-17(5,6)11-14(16)19;1-9(2)6-11(15)13-10(3)7-14(4,5)8-12(13)16;1-3-7-9(5,6)8-4-2/h12H,7-11H2,1-6H3;9,13H,3,6-8H2,1-2,4-5H3;3-4H2,1-2H3. The number of carbonyl (C=O) groups is 4. The number of hydrogen-bond donors (Lipinski definition) is 0. The van der Waals surface area contributed by atoms with Crippen LogP contribution in [0.1, 0.15) is 122 Å². The molecule has 2 saturated carbocycles. The van der Waals surface area contributed by atoms with Crippen molar-refractivity contribution in [1.29, 1.82) is 0 Å². The van der Waals surface area contributed by atoms with Crippen molar-refractivity contribution in [3.63, 3.8) is 0 Å². The lowest BCUT2D eigenvalue weighted by Gasteiger charge is -2.34. The lowest BCUT2D eigenvalue weighted by Crippen LogP contribution is -2.36. The first-order chi connectivity index (χ1) is 22.4. The number of phosphoric acid groups is 1. The molecule has 0 aliphatic heterocycles. The molecular formula is C35H61ClO11P2. The molecule has 1 atom stereocenters. The summed E-state index contributed by atoms with van der Waals surface area (Å²) >= 11 is 5.25. The molecule has 14 heteroatoms. The molecule has 0 N–H and O–H groups in total. The molecule has 0 amide bonds. The van der Waals surface area contributed by atoms with Crippen LogP contribution in [0, 0.1) is 28.6 Å². The minimum absolute atomic E-state index is 0.0163. The fourth-order valence-corrected chi connectivity index (χ4v) is 8.05. The second-order valence-electron chi connectivity index (χ2n) is 14.5. The van der Waals surface area contributed by atoms with E-state index in [0.29, 0.717) is 38.4 Å². The molecule has 2 fully saturated rings. The topological polar surface area (TPSA) is 149 Å². The third kappa shape index (κ3) is 18.0. The van der Waals surface area contributed by atoms with Gasteiger partial charge in [0.05, 0.1) is 37.9 Å². The summed E-state index contributed by atoms with van der Waals surface area (Å²) in [4.78, 5) is 48.9. The van der Waals surface area contributed by atoms with Crippen molar-refractivity contribution < 1.29 is 50.9 Å². The van der Waals surface area contributed by atoms with Crippen LogP contribution >= 0.6 is 26.0 Å². The van der Waals surface area contributed by atoms with Gasteiger partial charge >= 0.3 is 14.8 Å². The summed E-state index contributed by atoms with van der Waals surface area (Å²) in [6.07, 6.45) is 2.60. The predicted octanol–water partition coefficient (Wildman–Crippen LogP) is 10.0. The SMILES string of the molecule is C=C1CC(C)(C)CC(=O)C1C(=O)CC(C)C.CCOP(=O)(Cl)OCC.CCOP(=O)(OCC)OC(CC(C)C)=C1C(=O)CC(C)(C)CC1=O. The van der Waals surface area contributed by atoms with Crippen molar-refractivity contribution >= 4 is 49.1 Å². The molecule has 2 rings (SSSR count). The van der Waals surface area contributed by atoms with Gasteiger partial charge < -0.3 is 4.52 Å². The molecule has 0 bridgehead atoms. The molecule has 284 valence electrons. The van der Waals surface area contributed by atoms with Crippen molar-refractivity contribution in [3.05, 3.63) is 23.5 Å². The fraction of sp³-hybridized carbons (Fsp3) is 0.771. The normalized spacial score (nSPS) is 19.2. The molecule has 0 heterocycles. The summed E-state index contributed by atoms with van der Waals surface area (Å²) in [7, 11) is -3.85. The van der Waals surface area contributed by atoms with Crippen LogP contribution in [0.3, 0.4) is 0 Å². The van der Waals surface area contributed by atoms with Crippen LogP contribution in [0.2, 0.25) is 0 Å². The highest BCUT2D eigenvalue weighted by Gasteiger charge is 2.41. The number of allylic oxidation sites excluding steroid dienone is 3. The Balaban J connectivity index is 0.000000790. The third-order valence-corrected chi connectivity index (χ3v) is 10.4. The van der Waals surface area contributed by atoms with E-state index in [2.05, 4.69) is 29.5 Å². The van der Waals surface area contributed by atoms with Crippen molar-refractivity contribution in [2.45, 2.75) is 122 Å². The molecule has 11 nitrogen and oxygen atoms in total. The molecule has 2 aliphatic carbocycles. The second-order valence-corrected chi connectivity index (χ2v) is 18.8. The van der Waals surface area contributed by atoms with Crippen LogP contribution in [0.25, 0.3) is 0 Å². The van der Waals surface area contributed by atoms with E-state index >= 15 is 0 Å². The molecular weight excluding hydrogens is 694 g/mol. The van der Waals surface area contributed by atoms with E-state index in [-0.39, 0.29) is 77.3 Å². The number of hydrogen-bond acceptors (Lipinski definition) is 11. The maximum atomic E-state index is 12.7. The van der Waals surface area contributed by atoms with E-state index in [0.717, 1.165) is 12.0 Å². The molecule has 0 aromatic rings. The van der Waals surface area contributed by atoms with Crippen LogP contribution in [-0.4, -0.2) is 49.6 Å². The van der Waals surface area contributed by atoms with Gasteiger partial charge in [-0.1, -0.05) is 67.5 Å². The number of halogens is 1. The van der Waals surface area contributed by atoms with Crippen LogP contribution in [0.15, 0.2) is 23.5 Å². The summed E-state index contributed by atoms with van der Waals surface area (Å²) in [5.41, 5.74) is 0.432. The molecule has 2 aliphatic rings. The molecule has 0 saturated heterocycles. The van der Waals surface area contributed by atoms with E-state index < -0.39 is 20.7 Å². The van der Waals surface area contributed by atoms with Crippen LogP contribution in [-0.2, 0) is 50.9 Å². The third-order valence-electron chi connectivity index (χ3n) is 7.09. The van der Waals surface area contributed by atoms with Gasteiger partial charge in [-0.05, 0) is 56.8 Å². The Hall–Kier alpha value is -1.45. The van der Waals surface area contributed by atoms with Crippen LogP contribution in [0.4, 0.5) is 0 Å². The molecule has 0 aromatic carbocycles. The fourth-order valence-electron chi connectivity index (χ4n) is 5.53.